The minimum atomic E-state index is -5.12. The van der Waals surface area contributed by atoms with Crippen LogP contribution in [-0.2, 0) is 24.4 Å². The molecule has 5 nitrogen and oxygen atoms in total. The van der Waals surface area contributed by atoms with Crippen molar-refractivity contribution >= 4 is 20.0 Å². The molecule has 0 amide bonds. The van der Waals surface area contributed by atoms with Gasteiger partial charge in [-0.25, -0.2) is 12.6 Å². The third kappa shape index (κ3) is 7.73. The molecule has 0 aliphatic heterocycles. The van der Waals surface area contributed by atoms with Gasteiger partial charge in [-0.3, -0.25) is 0 Å². The first-order valence-electron chi connectivity index (χ1n) is 5.85. The minimum Gasteiger partial charge on any atom is -0.211 e. The van der Waals surface area contributed by atoms with Crippen LogP contribution in [0.1, 0.15) is 45.4 Å². The Morgan fingerprint density at radius 2 is 1.58 bits per heavy atom. The van der Waals surface area contributed by atoms with Gasteiger partial charge in [-0.1, -0.05) is 47.2 Å². The molecule has 1 atom stereocenters. The second kappa shape index (κ2) is 8.75. The first-order chi connectivity index (χ1) is 8.77. The van der Waals surface area contributed by atoms with Gasteiger partial charge in [-0.05, 0) is 10.9 Å². The lowest BCUT2D eigenvalue weighted by Gasteiger charge is -2.03. The van der Waals surface area contributed by atoms with E-state index in [1.54, 1.807) is 0 Å². The Bertz CT molecular complexity index is 458. The largest absolute Gasteiger partial charge is 0.346 e. The predicted octanol–water partition coefficient (Wildman–Crippen LogP) is 3.18. The quantitative estimate of drug-likeness (QED) is 0.578. The fourth-order valence-electron chi connectivity index (χ4n) is 1.33. The van der Waals surface area contributed by atoms with Crippen LogP contribution in [0.3, 0.4) is 0 Å². The zero-order valence-corrected chi connectivity index (χ0v) is 12.2. The maximum Gasteiger partial charge on any atom is 0.346 e. The molecule has 0 aliphatic carbocycles. The second-order valence-corrected chi connectivity index (χ2v) is 7.65. The van der Waals surface area contributed by atoms with Gasteiger partial charge in [-0.2, -0.15) is 8.78 Å². The van der Waals surface area contributed by atoms with Gasteiger partial charge < -0.3 is 0 Å². The number of alkyl halides is 2. The van der Waals surface area contributed by atoms with Crippen LogP contribution in [0, 0.1) is 0 Å². The minimum absolute atomic E-state index is 0.195. The van der Waals surface area contributed by atoms with E-state index >= 15 is 0 Å². The van der Waals surface area contributed by atoms with Gasteiger partial charge in [0.05, 0.1) is 5.75 Å². The molecule has 0 fully saturated rings. The van der Waals surface area contributed by atoms with Crippen LogP contribution in [0.5, 0.6) is 0 Å². The Hall–Kier alpha value is -0.350. The van der Waals surface area contributed by atoms with Crippen molar-refractivity contribution in [2.75, 3.05) is 5.75 Å². The Balaban J connectivity index is 4.41. The molecule has 0 saturated carbocycles. The molecule has 0 aliphatic rings. The van der Waals surface area contributed by atoms with Gasteiger partial charge in [0.25, 0.3) is 20.0 Å². The fourth-order valence-corrected chi connectivity index (χ4v) is 3.87. The number of rotatable bonds is 10. The number of halogens is 3. The smallest absolute Gasteiger partial charge is 0.211 e. The summed E-state index contributed by atoms with van der Waals surface area (Å²) in [4.78, 5) is 0. The van der Waals surface area contributed by atoms with Crippen LogP contribution in [0.25, 0.3) is 0 Å². The van der Waals surface area contributed by atoms with Crippen molar-refractivity contribution in [2.45, 2.75) is 51.2 Å². The summed E-state index contributed by atoms with van der Waals surface area (Å²) in [7, 11) is -9.50. The Morgan fingerprint density at radius 1 is 1.05 bits per heavy atom. The van der Waals surface area contributed by atoms with Crippen LogP contribution in [0.4, 0.5) is 13.3 Å². The fraction of sp³-hybridized carbons (Fsp3) is 1.00. The molecule has 19 heavy (non-hydrogen) atoms. The van der Waals surface area contributed by atoms with Crippen molar-refractivity contribution in [3.63, 3.8) is 0 Å². The molecule has 0 aromatic rings. The highest BCUT2D eigenvalue weighted by molar-refractivity contribution is 8.01. The zero-order chi connectivity index (χ0) is 14.9. The van der Waals surface area contributed by atoms with Crippen molar-refractivity contribution in [3.8, 4) is 0 Å². The molecule has 0 aromatic heterocycles. The van der Waals surface area contributed by atoms with Gasteiger partial charge >= 0.3 is 5.76 Å². The molecule has 0 radical (unpaired) electrons. The number of hydrogen-bond acceptors (Lipinski definition) is 4. The van der Waals surface area contributed by atoms with Gasteiger partial charge in [0.2, 0.25) is 0 Å². The number of sulfonamides is 1. The van der Waals surface area contributed by atoms with E-state index in [0.717, 1.165) is 25.7 Å². The molecule has 0 rings (SSSR count). The summed E-state index contributed by atoms with van der Waals surface area (Å²) in [5.74, 6) is -4.37. The van der Waals surface area contributed by atoms with Crippen molar-refractivity contribution in [3.05, 3.63) is 0 Å². The van der Waals surface area contributed by atoms with E-state index in [2.05, 4.69) is 8.16 Å². The highest BCUT2D eigenvalue weighted by Crippen LogP contribution is 2.15. The predicted molar refractivity (Wildman–Crippen MR) is 65.9 cm³/mol. The Kier molecular flexibility index (Phi) is 8.59. The molecule has 0 N–H and O–H groups in total. The SMILES string of the molecule is CCCCCCCCS(=O)(=O)N=S(=O)(OF)C(F)F. The lowest BCUT2D eigenvalue weighted by atomic mass is 10.1. The number of hydrogen-bond donors (Lipinski definition) is 0. The molecule has 10 heteroatoms. The standard InChI is InChI=1S/C9H18F3NO4S2/c1-2-3-4-5-6-7-8-18(14,15)13-19(16,17-12)9(10)11/h9H,2-8H2,1H3. The van der Waals surface area contributed by atoms with E-state index in [1.165, 1.54) is 0 Å². The van der Waals surface area contributed by atoms with Crippen LogP contribution < -0.4 is 0 Å². The molecule has 0 spiro atoms. The van der Waals surface area contributed by atoms with Gasteiger partial charge in [0, 0.05) is 0 Å². The first kappa shape index (κ1) is 18.7. The third-order valence-electron chi connectivity index (χ3n) is 2.29. The van der Waals surface area contributed by atoms with E-state index in [9.17, 15) is 25.9 Å². The molecular formula is C9H18F3NO4S2. The summed E-state index contributed by atoms with van der Waals surface area (Å²) < 4.78 is 74.4. The normalized spacial score (nSPS) is 15.4. The summed E-state index contributed by atoms with van der Waals surface area (Å²) in [5.41, 5.74) is 0. The van der Waals surface area contributed by atoms with E-state index in [1.807, 2.05) is 6.92 Å². The summed E-state index contributed by atoms with van der Waals surface area (Å²) in [6.45, 7) is 2.03. The van der Waals surface area contributed by atoms with E-state index in [0.29, 0.717) is 6.42 Å². The zero-order valence-electron chi connectivity index (χ0n) is 10.6. The van der Waals surface area contributed by atoms with Crippen molar-refractivity contribution in [1.82, 2.24) is 0 Å². The van der Waals surface area contributed by atoms with Gasteiger partial charge in [0.15, 0.2) is 0 Å². The molecule has 116 valence electrons. The highest BCUT2D eigenvalue weighted by atomic mass is 32.3. The van der Waals surface area contributed by atoms with Crippen molar-refractivity contribution in [2.24, 2.45) is 3.77 Å². The van der Waals surface area contributed by atoms with E-state index < -0.39 is 31.5 Å². The van der Waals surface area contributed by atoms with Crippen molar-refractivity contribution in [1.29, 1.82) is 0 Å². The molecular weight excluding hydrogens is 307 g/mol. The van der Waals surface area contributed by atoms with E-state index in [-0.39, 0.29) is 6.42 Å². The van der Waals surface area contributed by atoms with Crippen LogP contribution >= 0.6 is 0 Å². The second-order valence-electron chi connectivity index (χ2n) is 3.97. The molecule has 0 saturated heterocycles. The van der Waals surface area contributed by atoms with Crippen LogP contribution in [0.15, 0.2) is 3.77 Å². The average molecular weight is 325 g/mol. The van der Waals surface area contributed by atoms with Crippen molar-refractivity contribution < 1.29 is 30.3 Å². The highest BCUT2D eigenvalue weighted by Gasteiger charge is 2.28. The van der Waals surface area contributed by atoms with Crippen LogP contribution in [0.2, 0.25) is 0 Å². The molecule has 0 heterocycles. The van der Waals surface area contributed by atoms with Gasteiger partial charge in [-0.15, -0.1) is 0 Å². The number of nitrogens with zero attached hydrogens (tertiary/aromatic N) is 1. The first-order valence-corrected chi connectivity index (χ1v) is 8.97. The van der Waals surface area contributed by atoms with Crippen LogP contribution in [-0.4, -0.2) is 24.1 Å². The van der Waals surface area contributed by atoms with E-state index in [4.69, 9.17) is 0 Å². The third-order valence-corrected chi connectivity index (χ3v) is 5.46. The summed E-state index contributed by atoms with van der Waals surface area (Å²) in [6, 6.07) is 0. The summed E-state index contributed by atoms with van der Waals surface area (Å²) in [5, 5.41) is 0. The average Bonchev–Trinajstić information content (AvgIpc) is 2.32. The number of unbranched alkanes of at least 4 members (excludes halogenated alkanes) is 5. The maximum atomic E-state index is 12.1. The molecule has 0 aromatic carbocycles. The molecule has 0 bridgehead atoms. The topological polar surface area (TPSA) is 72.8 Å². The maximum absolute atomic E-state index is 12.1. The Labute approximate surface area is 111 Å². The lowest BCUT2D eigenvalue weighted by Crippen LogP contribution is -2.15. The summed E-state index contributed by atoms with van der Waals surface area (Å²) >= 11 is 0. The summed E-state index contributed by atoms with van der Waals surface area (Å²) in [6.07, 6.45) is 4.62. The monoisotopic (exact) mass is 325 g/mol. The lowest BCUT2D eigenvalue weighted by molar-refractivity contribution is -0.000781. The molecule has 1 unspecified atom stereocenters. The van der Waals surface area contributed by atoms with Gasteiger partial charge in [0.1, 0.15) is 0 Å². The Morgan fingerprint density at radius 3 is 2.05 bits per heavy atom.